The van der Waals surface area contributed by atoms with Crippen LogP contribution in [0.15, 0.2) is 12.2 Å². The van der Waals surface area contributed by atoms with E-state index < -0.39 is 5.97 Å². The van der Waals surface area contributed by atoms with Crippen molar-refractivity contribution in [1.29, 1.82) is 0 Å². The Labute approximate surface area is 148 Å². The molecule has 0 radical (unpaired) electrons. The highest BCUT2D eigenvalue weighted by molar-refractivity contribution is 5.79. The van der Waals surface area contributed by atoms with Gasteiger partial charge in [0.05, 0.1) is 0 Å². The number of nitrogens with one attached hydrogen (secondary N) is 1. The van der Waals surface area contributed by atoms with Crippen LogP contribution in [0.1, 0.15) is 78.6 Å². The average molecular weight is 346 g/mol. The number of methoxy groups -OCH3 is 2. The molecule has 0 spiro atoms. The summed E-state index contributed by atoms with van der Waals surface area (Å²) in [6, 6.07) is 0. The Balaban J connectivity index is 0. The summed E-state index contributed by atoms with van der Waals surface area (Å²) in [6.45, 7) is 6.08. The van der Waals surface area contributed by atoms with Crippen molar-refractivity contribution >= 4 is 5.97 Å². The van der Waals surface area contributed by atoms with E-state index in [1.807, 2.05) is 13.8 Å². The lowest BCUT2D eigenvalue weighted by Gasteiger charge is -2.16. The number of unbranched alkanes of at least 4 members (excludes halogenated alkanes) is 8. The van der Waals surface area contributed by atoms with Crippen LogP contribution in [0.2, 0.25) is 0 Å². The minimum absolute atomic E-state index is 0.0555. The van der Waals surface area contributed by atoms with Gasteiger partial charge in [-0.25, -0.2) is 4.79 Å². The quantitative estimate of drug-likeness (QED) is 0.271. The molecule has 0 rings (SSSR count). The molecule has 0 aromatic carbocycles. The molecule has 0 fully saturated rings. The van der Waals surface area contributed by atoms with Crippen molar-refractivity contribution in [1.82, 2.24) is 5.32 Å². The second kappa shape index (κ2) is 20.1. The van der Waals surface area contributed by atoms with E-state index in [9.17, 15) is 4.79 Å². The van der Waals surface area contributed by atoms with Crippen LogP contribution in [0.3, 0.4) is 0 Å². The van der Waals surface area contributed by atoms with Gasteiger partial charge in [0.15, 0.2) is 0 Å². The van der Waals surface area contributed by atoms with Gasteiger partial charge in [-0.2, -0.15) is 0 Å². The van der Waals surface area contributed by atoms with E-state index in [0.29, 0.717) is 0 Å². The number of aliphatic carboxylic acids is 1. The van der Waals surface area contributed by atoms with Crippen LogP contribution in [-0.4, -0.2) is 37.8 Å². The molecule has 5 nitrogen and oxygen atoms in total. The molecular formula is C19H39NO4. The predicted molar refractivity (Wildman–Crippen MR) is 100 cm³/mol. The molecule has 0 aliphatic heterocycles. The minimum Gasteiger partial charge on any atom is -0.478 e. The van der Waals surface area contributed by atoms with Gasteiger partial charge in [-0.05, 0) is 26.7 Å². The van der Waals surface area contributed by atoms with Gasteiger partial charge < -0.3 is 14.6 Å². The van der Waals surface area contributed by atoms with Gasteiger partial charge in [-0.3, -0.25) is 5.32 Å². The van der Waals surface area contributed by atoms with Crippen LogP contribution < -0.4 is 5.32 Å². The Bertz CT molecular complexity index is 287. The number of allylic oxidation sites excluding steroid dienone is 1. The van der Waals surface area contributed by atoms with Crippen molar-refractivity contribution in [2.24, 2.45) is 0 Å². The summed E-state index contributed by atoms with van der Waals surface area (Å²) in [5.41, 5.74) is 0. The third kappa shape index (κ3) is 23.4. The number of carboxylic acid groups (broad SMARTS) is 1. The van der Waals surface area contributed by atoms with Crippen molar-refractivity contribution in [2.45, 2.75) is 91.0 Å². The molecule has 0 aliphatic carbocycles. The number of hydrogen-bond acceptors (Lipinski definition) is 4. The Morgan fingerprint density at radius 3 is 1.83 bits per heavy atom. The Kier molecular flexibility index (Phi) is 21.3. The normalized spacial score (nSPS) is 13.4. The molecule has 0 saturated heterocycles. The maximum atomic E-state index is 10.1. The number of hydrogen-bond donors (Lipinski definition) is 2. The molecular weight excluding hydrogens is 306 g/mol. The molecule has 0 saturated carbocycles. The fourth-order valence-electron chi connectivity index (χ4n) is 2.05. The molecule has 0 aromatic rings. The van der Waals surface area contributed by atoms with Gasteiger partial charge in [0.1, 0.15) is 12.5 Å². The first-order valence-corrected chi connectivity index (χ1v) is 9.19. The monoisotopic (exact) mass is 345 g/mol. The molecule has 0 bridgehead atoms. The van der Waals surface area contributed by atoms with Crippen molar-refractivity contribution in [3.8, 4) is 0 Å². The first-order valence-electron chi connectivity index (χ1n) is 9.19. The standard InChI is InChI=1S/C13H24O2.C6H15NO2/c1-2-3-4-5-6-7-8-9-10-11-12-13(14)15;1-5(8-3)7-6(2)9-4/h11-12H,2-10H2,1H3,(H,14,15);5-7H,1-4H3. The van der Waals surface area contributed by atoms with Crippen LogP contribution in [0, 0.1) is 0 Å². The topological polar surface area (TPSA) is 67.8 Å². The van der Waals surface area contributed by atoms with Crippen molar-refractivity contribution < 1.29 is 19.4 Å². The van der Waals surface area contributed by atoms with Gasteiger partial charge in [-0.1, -0.05) is 57.9 Å². The molecule has 5 heteroatoms. The van der Waals surface area contributed by atoms with Crippen LogP contribution in [0.4, 0.5) is 0 Å². The largest absolute Gasteiger partial charge is 0.478 e. The maximum Gasteiger partial charge on any atom is 0.327 e. The van der Waals surface area contributed by atoms with Gasteiger partial charge in [0.2, 0.25) is 0 Å². The fourth-order valence-corrected chi connectivity index (χ4v) is 2.05. The van der Waals surface area contributed by atoms with Gasteiger partial charge >= 0.3 is 5.97 Å². The molecule has 2 unspecified atom stereocenters. The molecule has 2 atom stereocenters. The summed E-state index contributed by atoms with van der Waals surface area (Å²) in [6.07, 6.45) is 14.4. The van der Waals surface area contributed by atoms with Gasteiger partial charge in [0.25, 0.3) is 0 Å². The lowest BCUT2D eigenvalue weighted by atomic mass is 10.1. The van der Waals surface area contributed by atoms with E-state index in [2.05, 4.69) is 12.2 Å². The molecule has 2 N–H and O–H groups in total. The molecule has 0 aromatic heterocycles. The number of carboxylic acids is 1. The van der Waals surface area contributed by atoms with E-state index in [1.54, 1.807) is 20.3 Å². The predicted octanol–water partition coefficient (Wildman–Crippen LogP) is 4.72. The maximum absolute atomic E-state index is 10.1. The van der Waals surface area contributed by atoms with Crippen LogP contribution in [0.25, 0.3) is 0 Å². The van der Waals surface area contributed by atoms with Gasteiger partial charge in [0, 0.05) is 20.3 Å². The lowest BCUT2D eigenvalue weighted by Crippen LogP contribution is -2.36. The first kappa shape index (κ1) is 25.3. The van der Waals surface area contributed by atoms with Crippen LogP contribution in [-0.2, 0) is 14.3 Å². The average Bonchev–Trinajstić information content (AvgIpc) is 2.56. The fraction of sp³-hybridized carbons (Fsp3) is 0.842. The highest BCUT2D eigenvalue weighted by atomic mass is 16.5. The second-order valence-corrected chi connectivity index (χ2v) is 5.93. The summed E-state index contributed by atoms with van der Waals surface area (Å²) < 4.78 is 9.86. The zero-order valence-electron chi connectivity index (χ0n) is 16.3. The summed E-state index contributed by atoms with van der Waals surface area (Å²) >= 11 is 0. The van der Waals surface area contributed by atoms with E-state index in [1.165, 1.54) is 51.0 Å². The summed E-state index contributed by atoms with van der Waals surface area (Å²) in [7, 11) is 3.31. The number of carbonyl (C=O) groups is 1. The number of ether oxygens (including phenoxy) is 2. The molecule has 0 heterocycles. The third-order valence-corrected chi connectivity index (χ3v) is 3.66. The van der Waals surface area contributed by atoms with Crippen molar-refractivity contribution in [3.63, 3.8) is 0 Å². The van der Waals surface area contributed by atoms with Crippen LogP contribution >= 0.6 is 0 Å². The third-order valence-electron chi connectivity index (χ3n) is 3.66. The summed E-state index contributed by atoms with van der Waals surface area (Å²) in [4.78, 5) is 10.1. The highest BCUT2D eigenvalue weighted by Crippen LogP contribution is 2.09. The van der Waals surface area contributed by atoms with Crippen molar-refractivity contribution in [3.05, 3.63) is 12.2 Å². The Morgan fingerprint density at radius 1 is 0.958 bits per heavy atom. The molecule has 24 heavy (non-hydrogen) atoms. The van der Waals surface area contributed by atoms with Gasteiger partial charge in [-0.15, -0.1) is 0 Å². The zero-order chi connectivity index (χ0) is 18.6. The Morgan fingerprint density at radius 2 is 1.42 bits per heavy atom. The smallest absolute Gasteiger partial charge is 0.327 e. The summed E-state index contributed by atoms with van der Waals surface area (Å²) in [5, 5.41) is 11.4. The van der Waals surface area contributed by atoms with E-state index >= 15 is 0 Å². The van der Waals surface area contributed by atoms with E-state index in [-0.39, 0.29) is 12.5 Å². The molecule has 0 amide bonds. The number of rotatable bonds is 14. The lowest BCUT2D eigenvalue weighted by molar-refractivity contribution is -0.131. The first-order chi connectivity index (χ1) is 11.5. The van der Waals surface area contributed by atoms with E-state index in [4.69, 9.17) is 14.6 Å². The van der Waals surface area contributed by atoms with E-state index in [0.717, 1.165) is 12.8 Å². The minimum atomic E-state index is -0.838. The Hall–Kier alpha value is -0.910. The molecule has 0 aliphatic rings. The second-order valence-electron chi connectivity index (χ2n) is 5.93. The SMILES string of the molecule is CCCCCCCCCCC=CC(=O)O.COC(C)NC(C)OC. The molecule has 144 valence electrons. The summed E-state index contributed by atoms with van der Waals surface area (Å²) in [5.74, 6) is -0.838. The zero-order valence-corrected chi connectivity index (χ0v) is 16.3. The van der Waals surface area contributed by atoms with Crippen molar-refractivity contribution in [2.75, 3.05) is 14.2 Å². The highest BCUT2D eigenvalue weighted by Gasteiger charge is 2.02. The van der Waals surface area contributed by atoms with Crippen LogP contribution in [0.5, 0.6) is 0 Å².